The zero-order chi connectivity index (χ0) is 15.2. The molecule has 21 heavy (non-hydrogen) atoms. The normalized spacial score (nSPS) is 12.8. The van der Waals surface area contributed by atoms with Crippen LogP contribution in [0.15, 0.2) is 18.2 Å². The van der Waals surface area contributed by atoms with E-state index in [2.05, 4.69) is 61.0 Å². The first kappa shape index (κ1) is 16.2. The molecule has 0 aliphatic carbocycles. The Bertz CT molecular complexity index is 556. The van der Waals surface area contributed by atoms with Gasteiger partial charge in [0.05, 0.1) is 5.69 Å². The van der Waals surface area contributed by atoms with Gasteiger partial charge in [-0.05, 0) is 51.4 Å². The zero-order valence-corrected chi connectivity index (χ0v) is 14.5. The van der Waals surface area contributed by atoms with Crippen LogP contribution in [-0.4, -0.2) is 16.3 Å². The SMILES string of the molecule is CCCNC(Cc1cc(C)nn1CC)c1ccc(CC)s1. The van der Waals surface area contributed by atoms with Gasteiger partial charge in [-0.3, -0.25) is 4.68 Å². The number of rotatable bonds is 8. The molecule has 0 bridgehead atoms. The van der Waals surface area contributed by atoms with Crippen molar-refractivity contribution in [3.8, 4) is 0 Å². The van der Waals surface area contributed by atoms with Crippen molar-refractivity contribution in [2.45, 2.75) is 59.5 Å². The van der Waals surface area contributed by atoms with Crippen LogP contribution in [0, 0.1) is 6.92 Å². The Morgan fingerprint density at radius 1 is 1.29 bits per heavy atom. The molecular formula is C17H27N3S. The van der Waals surface area contributed by atoms with Gasteiger partial charge in [-0.1, -0.05) is 13.8 Å². The number of hydrogen-bond donors (Lipinski definition) is 1. The average molecular weight is 305 g/mol. The van der Waals surface area contributed by atoms with Gasteiger partial charge in [-0.15, -0.1) is 11.3 Å². The highest BCUT2D eigenvalue weighted by Crippen LogP contribution is 2.27. The van der Waals surface area contributed by atoms with Crippen LogP contribution in [0.3, 0.4) is 0 Å². The third kappa shape index (κ3) is 4.17. The summed E-state index contributed by atoms with van der Waals surface area (Å²) in [6.07, 6.45) is 3.30. The predicted molar refractivity (Wildman–Crippen MR) is 91.1 cm³/mol. The first-order valence-electron chi connectivity index (χ1n) is 8.03. The van der Waals surface area contributed by atoms with E-state index in [1.807, 2.05) is 11.3 Å². The monoisotopic (exact) mass is 305 g/mol. The number of aromatic nitrogens is 2. The first-order chi connectivity index (χ1) is 10.2. The summed E-state index contributed by atoms with van der Waals surface area (Å²) in [4.78, 5) is 2.91. The topological polar surface area (TPSA) is 29.9 Å². The molecule has 0 spiro atoms. The highest BCUT2D eigenvalue weighted by molar-refractivity contribution is 7.12. The summed E-state index contributed by atoms with van der Waals surface area (Å²) in [5, 5.41) is 8.27. The van der Waals surface area contributed by atoms with E-state index in [0.717, 1.165) is 38.0 Å². The Morgan fingerprint density at radius 3 is 2.71 bits per heavy atom. The minimum absolute atomic E-state index is 0.400. The highest BCUT2D eigenvalue weighted by Gasteiger charge is 2.16. The Labute approximate surface area is 132 Å². The van der Waals surface area contributed by atoms with Gasteiger partial charge in [-0.2, -0.15) is 5.10 Å². The van der Waals surface area contributed by atoms with Gasteiger partial charge in [0.15, 0.2) is 0 Å². The highest BCUT2D eigenvalue weighted by atomic mass is 32.1. The van der Waals surface area contributed by atoms with Crippen LogP contribution < -0.4 is 5.32 Å². The molecule has 2 heterocycles. The fourth-order valence-corrected chi connectivity index (χ4v) is 3.64. The molecule has 0 aliphatic rings. The van der Waals surface area contributed by atoms with E-state index in [4.69, 9.17) is 0 Å². The Balaban J connectivity index is 2.19. The second-order valence-electron chi connectivity index (χ2n) is 5.46. The summed E-state index contributed by atoms with van der Waals surface area (Å²) in [7, 11) is 0. The van der Waals surface area contributed by atoms with E-state index in [-0.39, 0.29) is 0 Å². The zero-order valence-electron chi connectivity index (χ0n) is 13.6. The average Bonchev–Trinajstić information content (AvgIpc) is 3.09. The number of nitrogens with zero attached hydrogens (tertiary/aromatic N) is 2. The van der Waals surface area contributed by atoms with E-state index in [9.17, 15) is 0 Å². The summed E-state index contributed by atoms with van der Waals surface area (Å²) in [5.74, 6) is 0. The molecule has 2 aromatic heterocycles. The first-order valence-corrected chi connectivity index (χ1v) is 8.84. The number of aryl methyl sites for hydroxylation is 3. The van der Waals surface area contributed by atoms with Gasteiger partial charge in [0.25, 0.3) is 0 Å². The van der Waals surface area contributed by atoms with Crippen LogP contribution in [-0.2, 0) is 19.4 Å². The molecule has 4 heteroatoms. The van der Waals surface area contributed by atoms with Crippen molar-refractivity contribution in [1.82, 2.24) is 15.1 Å². The third-order valence-corrected chi connectivity index (χ3v) is 5.06. The number of nitrogens with one attached hydrogen (secondary N) is 1. The second-order valence-corrected chi connectivity index (χ2v) is 6.66. The van der Waals surface area contributed by atoms with Crippen LogP contribution in [0.1, 0.15) is 54.4 Å². The predicted octanol–water partition coefficient (Wildman–Crippen LogP) is 4.12. The standard InChI is InChI=1S/C17H27N3S/c1-5-10-18-16(17-9-8-15(6-2)21-17)12-14-11-13(4)19-20(14)7-3/h8-9,11,16,18H,5-7,10,12H2,1-4H3. The molecule has 0 saturated heterocycles. The molecule has 1 unspecified atom stereocenters. The van der Waals surface area contributed by atoms with Gasteiger partial charge in [0, 0.05) is 34.5 Å². The van der Waals surface area contributed by atoms with Crippen molar-refractivity contribution >= 4 is 11.3 Å². The van der Waals surface area contributed by atoms with Crippen LogP contribution >= 0.6 is 11.3 Å². The summed E-state index contributed by atoms with van der Waals surface area (Å²) >= 11 is 1.94. The Hall–Kier alpha value is -1.13. The molecule has 0 fully saturated rings. The quantitative estimate of drug-likeness (QED) is 0.795. The lowest BCUT2D eigenvalue weighted by molar-refractivity contribution is 0.508. The van der Waals surface area contributed by atoms with Gasteiger partial charge in [0.2, 0.25) is 0 Å². The summed E-state index contributed by atoms with van der Waals surface area (Å²) in [6, 6.07) is 7.18. The van der Waals surface area contributed by atoms with E-state index < -0.39 is 0 Å². The van der Waals surface area contributed by atoms with Crippen molar-refractivity contribution in [2.75, 3.05) is 6.54 Å². The maximum Gasteiger partial charge on any atom is 0.0596 e. The van der Waals surface area contributed by atoms with Crippen LogP contribution in [0.25, 0.3) is 0 Å². The fourth-order valence-electron chi connectivity index (χ4n) is 2.61. The van der Waals surface area contributed by atoms with Crippen molar-refractivity contribution < 1.29 is 0 Å². The van der Waals surface area contributed by atoms with E-state index in [1.165, 1.54) is 15.4 Å². The van der Waals surface area contributed by atoms with Gasteiger partial charge in [-0.25, -0.2) is 0 Å². The third-order valence-electron chi connectivity index (χ3n) is 3.71. The second kappa shape index (κ2) is 7.76. The minimum atomic E-state index is 0.400. The van der Waals surface area contributed by atoms with Crippen LogP contribution in [0.2, 0.25) is 0 Å². The van der Waals surface area contributed by atoms with E-state index in [0.29, 0.717) is 6.04 Å². The van der Waals surface area contributed by atoms with Crippen LogP contribution in [0.5, 0.6) is 0 Å². The van der Waals surface area contributed by atoms with Gasteiger partial charge >= 0.3 is 0 Å². The van der Waals surface area contributed by atoms with Crippen LogP contribution in [0.4, 0.5) is 0 Å². The van der Waals surface area contributed by atoms with Gasteiger partial charge < -0.3 is 5.32 Å². The minimum Gasteiger partial charge on any atom is -0.309 e. The fraction of sp³-hybridized carbons (Fsp3) is 0.588. The molecule has 0 saturated carbocycles. The Morgan fingerprint density at radius 2 is 2.10 bits per heavy atom. The molecule has 116 valence electrons. The molecule has 1 atom stereocenters. The molecule has 0 amide bonds. The lowest BCUT2D eigenvalue weighted by Gasteiger charge is -2.17. The summed E-state index contributed by atoms with van der Waals surface area (Å²) in [5.41, 5.74) is 2.44. The number of thiophene rings is 1. The molecule has 0 aromatic carbocycles. The molecule has 3 nitrogen and oxygen atoms in total. The molecule has 1 N–H and O–H groups in total. The van der Waals surface area contributed by atoms with Gasteiger partial charge in [0.1, 0.15) is 0 Å². The summed E-state index contributed by atoms with van der Waals surface area (Å²) < 4.78 is 2.13. The lowest BCUT2D eigenvalue weighted by atomic mass is 10.1. The maximum atomic E-state index is 4.57. The van der Waals surface area contributed by atoms with E-state index in [1.54, 1.807) is 0 Å². The smallest absolute Gasteiger partial charge is 0.0596 e. The molecule has 0 aliphatic heterocycles. The lowest BCUT2D eigenvalue weighted by Crippen LogP contribution is -2.24. The molecular weight excluding hydrogens is 278 g/mol. The van der Waals surface area contributed by atoms with E-state index >= 15 is 0 Å². The van der Waals surface area contributed by atoms with Crippen molar-refractivity contribution in [2.24, 2.45) is 0 Å². The van der Waals surface area contributed by atoms with Crippen molar-refractivity contribution in [1.29, 1.82) is 0 Å². The molecule has 2 aromatic rings. The maximum absolute atomic E-state index is 4.57. The van der Waals surface area contributed by atoms with Crippen molar-refractivity contribution in [3.05, 3.63) is 39.3 Å². The summed E-state index contributed by atoms with van der Waals surface area (Å²) in [6.45, 7) is 10.7. The largest absolute Gasteiger partial charge is 0.309 e. The number of hydrogen-bond acceptors (Lipinski definition) is 3. The molecule has 0 radical (unpaired) electrons. The molecule has 2 rings (SSSR count). The van der Waals surface area contributed by atoms with Crippen molar-refractivity contribution in [3.63, 3.8) is 0 Å². The Kier molecular flexibility index (Phi) is 6.00.